The van der Waals surface area contributed by atoms with Gasteiger partial charge in [0, 0.05) is 36.6 Å². The first-order chi connectivity index (χ1) is 9.74. The standard InChI is InChI=1S/C15H15N3O2/c19-14(18-6-1-2-7-18)12-5-3-4-11(8-12)13-9-16-15(20)17-10-13/h3-5,8-10H,1-2,6-7H2,(H,16,17,20). The number of nitrogens with zero attached hydrogens (tertiary/aromatic N) is 2. The molecule has 0 aliphatic carbocycles. The van der Waals surface area contributed by atoms with E-state index in [1.165, 1.54) is 6.20 Å². The van der Waals surface area contributed by atoms with Crippen molar-refractivity contribution in [3.63, 3.8) is 0 Å². The molecule has 1 N–H and O–H groups in total. The van der Waals surface area contributed by atoms with Gasteiger partial charge in [0.2, 0.25) is 0 Å². The number of H-pyrrole nitrogens is 1. The summed E-state index contributed by atoms with van der Waals surface area (Å²) in [6.45, 7) is 1.67. The van der Waals surface area contributed by atoms with Crippen LogP contribution in [0.15, 0.2) is 41.5 Å². The minimum Gasteiger partial charge on any atom is -0.339 e. The van der Waals surface area contributed by atoms with Crippen LogP contribution in [0, 0.1) is 0 Å². The second-order valence-corrected chi connectivity index (χ2v) is 4.89. The van der Waals surface area contributed by atoms with E-state index >= 15 is 0 Å². The minimum atomic E-state index is -0.377. The van der Waals surface area contributed by atoms with Gasteiger partial charge < -0.3 is 9.88 Å². The Kier molecular flexibility index (Phi) is 3.33. The molecule has 0 radical (unpaired) electrons. The highest BCUT2D eigenvalue weighted by Gasteiger charge is 2.19. The fraction of sp³-hybridized carbons (Fsp3) is 0.267. The van der Waals surface area contributed by atoms with E-state index in [0.29, 0.717) is 5.56 Å². The van der Waals surface area contributed by atoms with Crippen molar-refractivity contribution in [2.45, 2.75) is 12.8 Å². The van der Waals surface area contributed by atoms with Crippen molar-refractivity contribution in [1.29, 1.82) is 0 Å². The Balaban J connectivity index is 1.91. The Morgan fingerprint density at radius 3 is 2.70 bits per heavy atom. The molecule has 1 saturated heterocycles. The summed E-state index contributed by atoms with van der Waals surface area (Å²) in [5.41, 5.74) is 1.97. The van der Waals surface area contributed by atoms with E-state index in [4.69, 9.17) is 0 Å². The quantitative estimate of drug-likeness (QED) is 0.902. The van der Waals surface area contributed by atoms with Gasteiger partial charge in [-0.1, -0.05) is 12.1 Å². The first-order valence-electron chi connectivity index (χ1n) is 6.68. The van der Waals surface area contributed by atoms with Crippen LogP contribution in [-0.2, 0) is 0 Å². The van der Waals surface area contributed by atoms with Crippen LogP contribution in [-0.4, -0.2) is 33.9 Å². The van der Waals surface area contributed by atoms with E-state index in [2.05, 4.69) is 9.97 Å². The topological polar surface area (TPSA) is 66.1 Å². The Bertz CT molecular complexity index is 667. The molecular formula is C15H15N3O2. The number of nitrogens with one attached hydrogen (secondary N) is 1. The van der Waals surface area contributed by atoms with Gasteiger partial charge in [-0.15, -0.1) is 0 Å². The van der Waals surface area contributed by atoms with Crippen LogP contribution in [0.25, 0.3) is 11.1 Å². The molecular weight excluding hydrogens is 254 g/mol. The summed E-state index contributed by atoms with van der Waals surface area (Å²) in [6, 6.07) is 7.42. The van der Waals surface area contributed by atoms with Gasteiger partial charge in [0.1, 0.15) is 0 Å². The van der Waals surface area contributed by atoms with Gasteiger partial charge in [-0.05, 0) is 30.5 Å². The molecule has 1 aliphatic rings. The molecule has 2 heterocycles. The summed E-state index contributed by atoms with van der Waals surface area (Å²) in [5.74, 6) is 0.0710. The second kappa shape index (κ2) is 5.28. The number of hydrogen-bond donors (Lipinski definition) is 1. The highest BCUT2D eigenvalue weighted by Crippen LogP contribution is 2.20. The average Bonchev–Trinajstić information content (AvgIpc) is 3.01. The summed E-state index contributed by atoms with van der Waals surface area (Å²) >= 11 is 0. The summed E-state index contributed by atoms with van der Waals surface area (Å²) in [7, 11) is 0. The SMILES string of the molecule is O=C(c1cccc(-c2cnc(=O)[nH]c2)c1)N1CCCC1. The molecule has 0 atom stereocenters. The number of carbonyl (C=O) groups excluding carboxylic acids is 1. The van der Waals surface area contributed by atoms with Crippen molar-refractivity contribution >= 4 is 5.91 Å². The van der Waals surface area contributed by atoms with Gasteiger partial charge in [0.25, 0.3) is 5.91 Å². The van der Waals surface area contributed by atoms with Crippen LogP contribution in [0.4, 0.5) is 0 Å². The number of aromatic nitrogens is 2. The lowest BCUT2D eigenvalue weighted by molar-refractivity contribution is 0.0793. The summed E-state index contributed by atoms with van der Waals surface area (Å²) in [4.78, 5) is 31.4. The zero-order chi connectivity index (χ0) is 13.9. The van der Waals surface area contributed by atoms with Crippen LogP contribution < -0.4 is 5.69 Å². The van der Waals surface area contributed by atoms with Gasteiger partial charge in [-0.25, -0.2) is 9.78 Å². The van der Waals surface area contributed by atoms with E-state index in [9.17, 15) is 9.59 Å². The Hall–Kier alpha value is -2.43. The Morgan fingerprint density at radius 1 is 1.20 bits per heavy atom. The number of likely N-dealkylation sites (tertiary alicyclic amines) is 1. The molecule has 0 unspecified atom stereocenters. The van der Waals surface area contributed by atoms with E-state index < -0.39 is 0 Å². The van der Waals surface area contributed by atoms with Crippen molar-refractivity contribution in [1.82, 2.24) is 14.9 Å². The molecule has 0 saturated carbocycles. The zero-order valence-electron chi connectivity index (χ0n) is 11.0. The van der Waals surface area contributed by atoms with Crippen LogP contribution in [0.1, 0.15) is 23.2 Å². The number of rotatable bonds is 2. The molecule has 3 rings (SSSR count). The maximum Gasteiger partial charge on any atom is 0.344 e. The molecule has 5 heteroatoms. The Labute approximate surface area is 116 Å². The zero-order valence-corrected chi connectivity index (χ0v) is 11.0. The lowest BCUT2D eigenvalue weighted by Gasteiger charge is -2.15. The van der Waals surface area contributed by atoms with Crippen LogP contribution >= 0.6 is 0 Å². The molecule has 0 spiro atoms. The highest BCUT2D eigenvalue weighted by atomic mass is 16.2. The van der Waals surface area contributed by atoms with Crippen molar-refractivity contribution in [2.75, 3.05) is 13.1 Å². The molecule has 102 valence electrons. The number of benzene rings is 1. The first-order valence-corrected chi connectivity index (χ1v) is 6.68. The third-order valence-electron chi connectivity index (χ3n) is 3.51. The largest absolute Gasteiger partial charge is 0.344 e. The van der Waals surface area contributed by atoms with Crippen LogP contribution in [0.3, 0.4) is 0 Å². The summed E-state index contributed by atoms with van der Waals surface area (Å²) in [6.07, 6.45) is 5.28. The maximum absolute atomic E-state index is 12.3. The van der Waals surface area contributed by atoms with Crippen LogP contribution in [0.2, 0.25) is 0 Å². The van der Waals surface area contributed by atoms with Gasteiger partial charge >= 0.3 is 5.69 Å². The molecule has 5 nitrogen and oxygen atoms in total. The number of aromatic amines is 1. The number of hydrogen-bond acceptors (Lipinski definition) is 3. The molecule has 20 heavy (non-hydrogen) atoms. The number of carbonyl (C=O) groups is 1. The lowest BCUT2D eigenvalue weighted by atomic mass is 10.1. The molecule has 1 aromatic carbocycles. The highest BCUT2D eigenvalue weighted by molar-refractivity contribution is 5.95. The smallest absolute Gasteiger partial charge is 0.339 e. The molecule has 0 bridgehead atoms. The monoisotopic (exact) mass is 269 g/mol. The van der Waals surface area contributed by atoms with E-state index in [-0.39, 0.29) is 11.6 Å². The van der Waals surface area contributed by atoms with Gasteiger partial charge in [0.05, 0.1) is 0 Å². The third kappa shape index (κ3) is 2.47. The fourth-order valence-electron chi connectivity index (χ4n) is 2.43. The normalized spacial score (nSPS) is 14.5. The predicted molar refractivity (Wildman–Crippen MR) is 75.4 cm³/mol. The van der Waals surface area contributed by atoms with Gasteiger partial charge in [0.15, 0.2) is 0 Å². The molecule has 1 aliphatic heterocycles. The predicted octanol–water partition coefficient (Wildman–Crippen LogP) is 1.67. The molecule has 1 aromatic heterocycles. The number of amides is 1. The fourth-order valence-corrected chi connectivity index (χ4v) is 2.43. The Morgan fingerprint density at radius 2 is 2.00 bits per heavy atom. The van der Waals surface area contributed by atoms with Crippen molar-refractivity contribution in [2.24, 2.45) is 0 Å². The molecule has 1 fully saturated rings. The van der Waals surface area contributed by atoms with Crippen molar-refractivity contribution in [3.8, 4) is 11.1 Å². The van der Waals surface area contributed by atoms with Crippen LogP contribution in [0.5, 0.6) is 0 Å². The average molecular weight is 269 g/mol. The molecule has 1 amide bonds. The first kappa shape index (κ1) is 12.6. The van der Waals surface area contributed by atoms with Crippen molar-refractivity contribution in [3.05, 3.63) is 52.7 Å². The minimum absolute atomic E-state index is 0.0710. The van der Waals surface area contributed by atoms with E-state index in [0.717, 1.165) is 37.1 Å². The summed E-state index contributed by atoms with van der Waals surface area (Å²) < 4.78 is 0. The van der Waals surface area contributed by atoms with E-state index in [1.807, 2.05) is 29.2 Å². The van der Waals surface area contributed by atoms with E-state index in [1.54, 1.807) is 6.20 Å². The second-order valence-electron chi connectivity index (χ2n) is 4.89. The lowest BCUT2D eigenvalue weighted by Crippen LogP contribution is -2.27. The molecule has 2 aromatic rings. The van der Waals surface area contributed by atoms with Gasteiger partial charge in [-0.3, -0.25) is 4.79 Å². The van der Waals surface area contributed by atoms with Crippen molar-refractivity contribution < 1.29 is 4.79 Å². The third-order valence-corrected chi connectivity index (χ3v) is 3.51. The summed E-state index contributed by atoms with van der Waals surface area (Å²) in [5, 5.41) is 0. The van der Waals surface area contributed by atoms with Gasteiger partial charge in [-0.2, -0.15) is 0 Å². The maximum atomic E-state index is 12.3.